The van der Waals surface area contributed by atoms with E-state index in [4.69, 9.17) is 4.74 Å². The minimum absolute atomic E-state index is 0.0667. The van der Waals surface area contributed by atoms with Crippen LogP contribution in [-0.4, -0.2) is 51.3 Å². The predicted octanol–water partition coefficient (Wildman–Crippen LogP) is 2.39. The van der Waals surface area contributed by atoms with Crippen LogP contribution in [0.5, 0.6) is 5.75 Å². The molecule has 9 heteroatoms. The monoisotopic (exact) mass is 443 g/mol. The molecule has 0 aliphatic carbocycles. The molecule has 8 nitrogen and oxygen atoms in total. The molecular weight excluding hydrogens is 418 g/mol. The van der Waals surface area contributed by atoms with Crippen molar-refractivity contribution in [3.05, 3.63) is 48.0 Å². The number of anilines is 2. The Bertz CT molecular complexity index is 1110. The number of nitrogens with zero attached hydrogens (tertiary/aromatic N) is 2. The van der Waals surface area contributed by atoms with Crippen LogP contribution in [0, 0.1) is 12.8 Å². The summed E-state index contributed by atoms with van der Waals surface area (Å²) in [7, 11) is -2.10. The summed E-state index contributed by atoms with van der Waals surface area (Å²) in [6.45, 7) is 2.36. The SMILES string of the molecule is Cc1ccc(N(C)C(=O)C2CCCN(S(=O)(=O)c3ccc4c(c3)NC(=O)CO4)C2)cc1. The summed E-state index contributed by atoms with van der Waals surface area (Å²) in [6.07, 6.45) is 1.23. The van der Waals surface area contributed by atoms with Crippen molar-refractivity contribution in [3.8, 4) is 5.75 Å². The van der Waals surface area contributed by atoms with Crippen LogP contribution < -0.4 is 15.0 Å². The van der Waals surface area contributed by atoms with Crippen LogP contribution in [0.15, 0.2) is 47.4 Å². The molecule has 0 bridgehead atoms. The van der Waals surface area contributed by atoms with E-state index < -0.39 is 15.9 Å². The van der Waals surface area contributed by atoms with Gasteiger partial charge in [0.05, 0.1) is 16.5 Å². The standard InChI is InChI=1S/C22H25N3O5S/c1-15-5-7-17(8-6-15)24(2)22(27)16-4-3-11-25(13-16)31(28,29)18-9-10-20-19(12-18)23-21(26)14-30-20/h5-10,12,16H,3-4,11,13-14H2,1-2H3,(H,23,26). The van der Waals surface area contributed by atoms with E-state index in [1.54, 1.807) is 18.0 Å². The second-order valence-corrected chi connectivity index (χ2v) is 9.87. The lowest BCUT2D eigenvalue weighted by Crippen LogP contribution is -2.46. The molecule has 2 amide bonds. The second-order valence-electron chi connectivity index (χ2n) is 7.93. The van der Waals surface area contributed by atoms with Crippen LogP contribution in [0.4, 0.5) is 11.4 Å². The normalized spacial score (nSPS) is 19.2. The molecule has 2 aliphatic heterocycles. The van der Waals surface area contributed by atoms with Gasteiger partial charge in [-0.15, -0.1) is 0 Å². The molecule has 1 fully saturated rings. The third-order valence-corrected chi connectivity index (χ3v) is 7.57. The van der Waals surface area contributed by atoms with Crippen LogP contribution in [-0.2, 0) is 19.6 Å². The molecule has 164 valence electrons. The van der Waals surface area contributed by atoms with Gasteiger partial charge < -0.3 is 15.0 Å². The molecule has 1 N–H and O–H groups in total. The van der Waals surface area contributed by atoms with Gasteiger partial charge in [-0.05, 0) is 50.1 Å². The average molecular weight is 444 g/mol. The number of ether oxygens (including phenoxy) is 1. The van der Waals surface area contributed by atoms with Crippen molar-refractivity contribution in [3.63, 3.8) is 0 Å². The first-order valence-corrected chi connectivity index (χ1v) is 11.6. The number of piperidine rings is 1. The topological polar surface area (TPSA) is 96.0 Å². The minimum atomic E-state index is -3.82. The van der Waals surface area contributed by atoms with E-state index in [0.29, 0.717) is 30.8 Å². The number of hydrogen-bond donors (Lipinski definition) is 1. The van der Waals surface area contributed by atoms with E-state index in [1.807, 2.05) is 31.2 Å². The molecule has 31 heavy (non-hydrogen) atoms. The number of rotatable bonds is 4. The van der Waals surface area contributed by atoms with Crippen LogP contribution in [0.1, 0.15) is 18.4 Å². The lowest BCUT2D eigenvalue weighted by atomic mass is 9.98. The van der Waals surface area contributed by atoms with Gasteiger partial charge in [-0.2, -0.15) is 4.31 Å². The summed E-state index contributed by atoms with van der Waals surface area (Å²) in [5, 5.41) is 2.63. The van der Waals surface area contributed by atoms with Gasteiger partial charge in [0.25, 0.3) is 5.91 Å². The molecular formula is C22H25N3O5S. The highest BCUT2D eigenvalue weighted by Gasteiger charge is 2.35. The number of carbonyl (C=O) groups is 2. The Morgan fingerprint density at radius 3 is 2.68 bits per heavy atom. The van der Waals surface area contributed by atoms with Gasteiger partial charge in [-0.3, -0.25) is 9.59 Å². The largest absolute Gasteiger partial charge is 0.482 e. The third kappa shape index (κ3) is 4.28. The number of hydrogen-bond acceptors (Lipinski definition) is 5. The van der Waals surface area contributed by atoms with Crippen LogP contribution in [0.2, 0.25) is 0 Å². The van der Waals surface area contributed by atoms with E-state index in [0.717, 1.165) is 11.3 Å². The summed E-state index contributed by atoms with van der Waals surface area (Å²) >= 11 is 0. The maximum atomic E-state index is 13.2. The maximum Gasteiger partial charge on any atom is 0.262 e. The van der Waals surface area contributed by atoms with E-state index in [1.165, 1.54) is 16.4 Å². The molecule has 2 heterocycles. The van der Waals surface area contributed by atoms with Gasteiger partial charge in [-0.1, -0.05) is 17.7 Å². The zero-order valence-corrected chi connectivity index (χ0v) is 18.3. The molecule has 4 rings (SSSR count). The van der Waals surface area contributed by atoms with Gasteiger partial charge in [0.1, 0.15) is 5.75 Å². The van der Waals surface area contributed by atoms with Gasteiger partial charge in [0.15, 0.2) is 6.61 Å². The number of aryl methyl sites for hydroxylation is 1. The molecule has 1 saturated heterocycles. The first kappa shape index (κ1) is 21.3. The van der Waals surface area contributed by atoms with Crippen molar-refractivity contribution >= 4 is 33.2 Å². The Kier molecular flexibility index (Phi) is 5.72. The average Bonchev–Trinajstić information content (AvgIpc) is 2.78. The molecule has 0 spiro atoms. The Labute approximate surface area is 181 Å². The summed E-state index contributed by atoms with van der Waals surface area (Å²) in [4.78, 5) is 26.3. The predicted molar refractivity (Wildman–Crippen MR) is 117 cm³/mol. The summed E-state index contributed by atoms with van der Waals surface area (Å²) in [5.74, 6) is -0.417. The first-order valence-electron chi connectivity index (χ1n) is 10.2. The lowest BCUT2D eigenvalue weighted by Gasteiger charge is -2.33. The maximum absolute atomic E-state index is 13.2. The van der Waals surface area contributed by atoms with Gasteiger partial charge >= 0.3 is 0 Å². The molecule has 1 unspecified atom stereocenters. The Hall–Kier alpha value is -2.91. The van der Waals surface area contributed by atoms with Crippen molar-refractivity contribution in [2.45, 2.75) is 24.7 Å². The van der Waals surface area contributed by atoms with E-state index >= 15 is 0 Å². The fourth-order valence-corrected chi connectivity index (χ4v) is 5.45. The van der Waals surface area contributed by atoms with Crippen molar-refractivity contribution < 1.29 is 22.7 Å². The van der Waals surface area contributed by atoms with Gasteiger partial charge in [0.2, 0.25) is 15.9 Å². The molecule has 0 radical (unpaired) electrons. The molecule has 0 saturated carbocycles. The van der Waals surface area contributed by atoms with E-state index in [-0.39, 0.29) is 29.9 Å². The Morgan fingerprint density at radius 2 is 1.94 bits per heavy atom. The second kappa shape index (κ2) is 8.32. The van der Waals surface area contributed by atoms with Crippen molar-refractivity contribution in [2.24, 2.45) is 5.92 Å². The van der Waals surface area contributed by atoms with Gasteiger partial charge in [0, 0.05) is 25.8 Å². The molecule has 2 aromatic rings. The number of nitrogens with one attached hydrogen (secondary N) is 1. The van der Waals surface area contributed by atoms with Crippen LogP contribution in [0.3, 0.4) is 0 Å². The Balaban J connectivity index is 1.52. The van der Waals surface area contributed by atoms with E-state index in [9.17, 15) is 18.0 Å². The zero-order chi connectivity index (χ0) is 22.2. The van der Waals surface area contributed by atoms with Crippen molar-refractivity contribution in [2.75, 3.05) is 37.0 Å². The van der Waals surface area contributed by atoms with Crippen molar-refractivity contribution in [1.29, 1.82) is 0 Å². The van der Waals surface area contributed by atoms with Gasteiger partial charge in [-0.25, -0.2) is 8.42 Å². The fraction of sp³-hybridized carbons (Fsp3) is 0.364. The number of sulfonamides is 1. The number of fused-ring (bicyclic) bond motifs is 1. The number of benzene rings is 2. The van der Waals surface area contributed by atoms with E-state index in [2.05, 4.69) is 5.32 Å². The summed E-state index contributed by atoms with van der Waals surface area (Å²) in [5.41, 5.74) is 2.22. The van der Waals surface area contributed by atoms with Crippen LogP contribution in [0.25, 0.3) is 0 Å². The number of carbonyl (C=O) groups excluding carboxylic acids is 2. The minimum Gasteiger partial charge on any atom is -0.482 e. The summed E-state index contributed by atoms with van der Waals surface area (Å²) in [6, 6.07) is 12.1. The smallest absolute Gasteiger partial charge is 0.262 e. The molecule has 0 aromatic heterocycles. The molecule has 1 atom stereocenters. The number of amides is 2. The first-order chi connectivity index (χ1) is 14.8. The lowest BCUT2D eigenvalue weighted by molar-refractivity contribution is -0.123. The highest BCUT2D eigenvalue weighted by Crippen LogP contribution is 2.32. The molecule has 2 aromatic carbocycles. The Morgan fingerprint density at radius 1 is 1.19 bits per heavy atom. The highest BCUT2D eigenvalue weighted by atomic mass is 32.2. The quantitative estimate of drug-likeness (QED) is 0.783. The molecule has 2 aliphatic rings. The zero-order valence-electron chi connectivity index (χ0n) is 17.5. The van der Waals surface area contributed by atoms with Crippen LogP contribution >= 0.6 is 0 Å². The summed E-state index contributed by atoms with van der Waals surface area (Å²) < 4.78 is 33.2. The van der Waals surface area contributed by atoms with Crippen molar-refractivity contribution in [1.82, 2.24) is 4.31 Å². The highest BCUT2D eigenvalue weighted by molar-refractivity contribution is 7.89. The fourth-order valence-electron chi connectivity index (χ4n) is 3.90. The third-order valence-electron chi connectivity index (χ3n) is 5.71.